The Morgan fingerprint density at radius 2 is 1.81 bits per heavy atom. The molecule has 5 heteroatoms. The van der Waals surface area contributed by atoms with Crippen molar-refractivity contribution in [2.75, 3.05) is 16.8 Å². The van der Waals surface area contributed by atoms with E-state index >= 15 is 0 Å². The predicted molar refractivity (Wildman–Crippen MR) is 83.6 cm³/mol. The largest absolute Gasteiger partial charge is 0.380 e. The zero-order valence-corrected chi connectivity index (χ0v) is 11.9. The zero-order chi connectivity index (χ0) is 14.8. The molecule has 0 amide bonds. The first-order valence-corrected chi connectivity index (χ1v) is 7.03. The van der Waals surface area contributed by atoms with Gasteiger partial charge in [-0.3, -0.25) is 10.1 Å². The van der Waals surface area contributed by atoms with Gasteiger partial charge in [0.15, 0.2) is 0 Å². The van der Waals surface area contributed by atoms with E-state index in [1.807, 2.05) is 31.2 Å². The number of hydrogen-bond donors (Lipinski definition) is 1. The second-order valence-corrected chi connectivity index (χ2v) is 5.09. The molecule has 0 atom stereocenters. The lowest BCUT2D eigenvalue weighted by Crippen LogP contribution is -2.17. The van der Waals surface area contributed by atoms with Crippen LogP contribution in [0.5, 0.6) is 0 Å². The Bertz CT molecular complexity index is 660. The van der Waals surface area contributed by atoms with Gasteiger partial charge >= 0.3 is 5.69 Å². The smallest absolute Gasteiger partial charge is 0.315 e. The van der Waals surface area contributed by atoms with Gasteiger partial charge in [-0.05, 0) is 30.2 Å². The van der Waals surface area contributed by atoms with Gasteiger partial charge in [0.25, 0.3) is 0 Å². The van der Waals surface area contributed by atoms with E-state index in [1.54, 1.807) is 6.07 Å². The number of rotatable bonds is 4. The van der Waals surface area contributed by atoms with Gasteiger partial charge in [-0.1, -0.05) is 30.3 Å². The van der Waals surface area contributed by atoms with Crippen molar-refractivity contribution in [3.05, 3.63) is 63.7 Å². The van der Waals surface area contributed by atoms with Gasteiger partial charge in [0, 0.05) is 19.6 Å². The third kappa shape index (κ3) is 2.42. The van der Waals surface area contributed by atoms with E-state index in [4.69, 9.17) is 0 Å². The van der Waals surface area contributed by atoms with E-state index in [0.717, 1.165) is 0 Å². The molecule has 21 heavy (non-hydrogen) atoms. The first-order chi connectivity index (χ1) is 10.2. The molecule has 5 nitrogen and oxygen atoms in total. The van der Waals surface area contributed by atoms with E-state index in [2.05, 4.69) is 22.3 Å². The summed E-state index contributed by atoms with van der Waals surface area (Å²) in [5.74, 6) is 0. The van der Waals surface area contributed by atoms with Crippen molar-refractivity contribution in [2.24, 2.45) is 0 Å². The number of anilines is 2. The maximum absolute atomic E-state index is 11.5. The number of para-hydroxylation sites is 1. The first kappa shape index (κ1) is 13.4. The van der Waals surface area contributed by atoms with Crippen molar-refractivity contribution in [3.63, 3.8) is 0 Å². The van der Waals surface area contributed by atoms with Crippen molar-refractivity contribution >= 4 is 17.1 Å². The molecule has 0 bridgehead atoms. The average molecular weight is 283 g/mol. The number of benzene rings is 2. The van der Waals surface area contributed by atoms with Gasteiger partial charge in [-0.2, -0.15) is 0 Å². The van der Waals surface area contributed by atoms with Crippen molar-refractivity contribution in [1.82, 2.24) is 0 Å². The van der Waals surface area contributed by atoms with Crippen LogP contribution in [0.1, 0.15) is 18.1 Å². The molecular weight excluding hydrogens is 266 g/mol. The highest BCUT2D eigenvalue weighted by atomic mass is 16.6. The SMILES string of the molecule is CCNc1cccc(N2Cc3ccccc3C2)c1[N+](=O)[O-]. The molecule has 0 radical (unpaired) electrons. The lowest BCUT2D eigenvalue weighted by atomic mass is 10.1. The second-order valence-electron chi connectivity index (χ2n) is 5.09. The van der Waals surface area contributed by atoms with Gasteiger partial charge in [0.2, 0.25) is 0 Å². The van der Waals surface area contributed by atoms with Crippen LogP contribution in [-0.4, -0.2) is 11.5 Å². The van der Waals surface area contributed by atoms with E-state index in [9.17, 15) is 10.1 Å². The number of nitrogens with one attached hydrogen (secondary N) is 1. The lowest BCUT2D eigenvalue weighted by Gasteiger charge is -2.19. The molecule has 0 unspecified atom stereocenters. The summed E-state index contributed by atoms with van der Waals surface area (Å²) in [4.78, 5) is 13.2. The molecule has 0 saturated carbocycles. The van der Waals surface area contributed by atoms with Crippen LogP contribution in [0.15, 0.2) is 42.5 Å². The van der Waals surface area contributed by atoms with Crippen LogP contribution >= 0.6 is 0 Å². The molecule has 0 fully saturated rings. The van der Waals surface area contributed by atoms with Crippen molar-refractivity contribution in [2.45, 2.75) is 20.0 Å². The van der Waals surface area contributed by atoms with Crippen LogP contribution in [-0.2, 0) is 13.1 Å². The summed E-state index contributed by atoms with van der Waals surface area (Å²) < 4.78 is 0. The molecule has 0 aliphatic carbocycles. The molecule has 0 spiro atoms. The fourth-order valence-corrected chi connectivity index (χ4v) is 2.81. The van der Waals surface area contributed by atoms with E-state index in [0.29, 0.717) is 31.0 Å². The Kier molecular flexibility index (Phi) is 3.48. The highest BCUT2D eigenvalue weighted by molar-refractivity contribution is 5.77. The summed E-state index contributed by atoms with van der Waals surface area (Å²) in [7, 11) is 0. The topological polar surface area (TPSA) is 58.4 Å². The summed E-state index contributed by atoms with van der Waals surface area (Å²) in [5.41, 5.74) is 3.89. The standard InChI is InChI=1S/C16H17N3O2/c1-2-17-14-8-5-9-15(16(14)19(20)21)18-10-12-6-3-4-7-13(12)11-18/h3-9,17H,2,10-11H2,1H3. The highest BCUT2D eigenvalue weighted by Crippen LogP contribution is 2.39. The normalized spacial score (nSPS) is 13.1. The molecule has 108 valence electrons. The summed E-state index contributed by atoms with van der Waals surface area (Å²) in [6, 6.07) is 13.6. The van der Waals surface area contributed by atoms with Crippen LogP contribution in [0.4, 0.5) is 17.1 Å². The minimum absolute atomic E-state index is 0.159. The second kappa shape index (κ2) is 5.44. The highest BCUT2D eigenvalue weighted by Gasteiger charge is 2.27. The zero-order valence-electron chi connectivity index (χ0n) is 11.9. The fourth-order valence-electron chi connectivity index (χ4n) is 2.81. The number of nitrogens with zero attached hydrogens (tertiary/aromatic N) is 2. The van der Waals surface area contributed by atoms with Gasteiger partial charge in [0.05, 0.1) is 4.92 Å². The third-order valence-corrected chi connectivity index (χ3v) is 3.75. The number of fused-ring (bicyclic) bond motifs is 1. The number of nitro benzene ring substituents is 1. The van der Waals surface area contributed by atoms with Gasteiger partial charge < -0.3 is 10.2 Å². The molecule has 2 aromatic rings. The van der Waals surface area contributed by atoms with Crippen molar-refractivity contribution in [3.8, 4) is 0 Å². The van der Waals surface area contributed by atoms with Gasteiger partial charge in [-0.15, -0.1) is 0 Å². The molecule has 1 N–H and O–H groups in total. The van der Waals surface area contributed by atoms with Crippen LogP contribution in [0.2, 0.25) is 0 Å². The molecule has 0 saturated heterocycles. The Morgan fingerprint density at radius 3 is 2.38 bits per heavy atom. The van der Waals surface area contributed by atoms with Crippen LogP contribution < -0.4 is 10.2 Å². The monoisotopic (exact) mass is 283 g/mol. The molecule has 1 aliphatic heterocycles. The summed E-state index contributed by atoms with van der Waals surface area (Å²) in [5, 5.41) is 14.6. The molecule has 1 aliphatic rings. The Labute approximate surface area is 123 Å². The van der Waals surface area contributed by atoms with E-state index in [1.165, 1.54) is 11.1 Å². The Morgan fingerprint density at radius 1 is 1.14 bits per heavy atom. The first-order valence-electron chi connectivity index (χ1n) is 7.03. The molecular formula is C16H17N3O2. The minimum Gasteiger partial charge on any atom is -0.380 e. The lowest BCUT2D eigenvalue weighted by molar-refractivity contribution is -0.383. The van der Waals surface area contributed by atoms with Crippen molar-refractivity contribution in [1.29, 1.82) is 0 Å². The Balaban J connectivity index is 2.00. The summed E-state index contributed by atoms with van der Waals surface area (Å²) in [6.45, 7) is 4.02. The maximum atomic E-state index is 11.5. The summed E-state index contributed by atoms with van der Waals surface area (Å²) >= 11 is 0. The predicted octanol–water partition coefficient (Wildman–Crippen LogP) is 3.55. The van der Waals surface area contributed by atoms with Crippen LogP contribution in [0, 0.1) is 10.1 Å². The molecule has 2 aromatic carbocycles. The Hall–Kier alpha value is -2.56. The maximum Gasteiger partial charge on any atom is 0.315 e. The van der Waals surface area contributed by atoms with E-state index < -0.39 is 0 Å². The molecule has 1 heterocycles. The summed E-state index contributed by atoms with van der Waals surface area (Å²) in [6.07, 6.45) is 0. The van der Waals surface area contributed by atoms with Crippen molar-refractivity contribution < 1.29 is 4.92 Å². The number of hydrogen-bond acceptors (Lipinski definition) is 4. The fraction of sp³-hybridized carbons (Fsp3) is 0.250. The molecule has 3 rings (SSSR count). The quantitative estimate of drug-likeness (QED) is 0.688. The van der Waals surface area contributed by atoms with Gasteiger partial charge in [-0.25, -0.2) is 0 Å². The van der Waals surface area contributed by atoms with Crippen LogP contribution in [0.3, 0.4) is 0 Å². The van der Waals surface area contributed by atoms with Crippen LogP contribution in [0.25, 0.3) is 0 Å². The minimum atomic E-state index is -0.295. The van der Waals surface area contributed by atoms with Gasteiger partial charge in [0.1, 0.15) is 11.4 Å². The van der Waals surface area contributed by atoms with E-state index in [-0.39, 0.29) is 10.6 Å². The third-order valence-electron chi connectivity index (χ3n) is 3.75. The molecule has 0 aromatic heterocycles. The average Bonchev–Trinajstić information content (AvgIpc) is 2.91. The number of nitro groups is 1.